The molecule has 0 atom stereocenters. The van der Waals surface area contributed by atoms with E-state index in [1.165, 1.54) is 13.8 Å². The van der Waals surface area contributed by atoms with Gasteiger partial charge in [0.2, 0.25) is 0 Å². The molecule has 0 fully saturated rings. The van der Waals surface area contributed by atoms with Gasteiger partial charge in [0.1, 0.15) is 5.82 Å². The number of nitrogens with one attached hydrogen (secondary N) is 1. The Morgan fingerprint density at radius 1 is 1.73 bits per heavy atom. The Kier molecular flexibility index (Phi) is 1.95. The van der Waals surface area contributed by atoms with Gasteiger partial charge in [-0.2, -0.15) is 0 Å². The van der Waals surface area contributed by atoms with Gasteiger partial charge in [0.15, 0.2) is 5.67 Å². The number of alkyl halides is 1. The van der Waals surface area contributed by atoms with E-state index in [-0.39, 0.29) is 0 Å². The zero-order chi connectivity index (χ0) is 8.48. The molecular weight excluding hydrogens is 145 g/mol. The van der Waals surface area contributed by atoms with Gasteiger partial charge in [-0.05, 0) is 13.8 Å². The number of nitrogens with two attached hydrogens (primary N) is 1. The van der Waals surface area contributed by atoms with Gasteiger partial charge in [0.25, 0.3) is 0 Å². The molecule has 0 saturated carbocycles. The van der Waals surface area contributed by atoms with Crippen molar-refractivity contribution in [1.29, 1.82) is 0 Å². The summed E-state index contributed by atoms with van der Waals surface area (Å²) in [6.45, 7) is 3.27. The average molecular weight is 157 g/mol. The summed E-state index contributed by atoms with van der Waals surface area (Å²) in [6.07, 6.45) is 1.55. The van der Waals surface area contributed by atoms with E-state index in [1.54, 1.807) is 6.20 Å². The number of halogens is 1. The number of rotatable bonds is 2. The van der Waals surface area contributed by atoms with Crippen LogP contribution in [0.15, 0.2) is 6.20 Å². The van der Waals surface area contributed by atoms with E-state index in [1.807, 2.05) is 0 Å². The molecule has 3 nitrogen and oxygen atoms in total. The predicted molar refractivity (Wildman–Crippen MR) is 40.6 cm³/mol. The van der Waals surface area contributed by atoms with Gasteiger partial charge >= 0.3 is 0 Å². The van der Waals surface area contributed by atoms with E-state index in [2.05, 4.69) is 9.97 Å². The molecule has 0 unspecified atom stereocenters. The molecule has 0 radical (unpaired) electrons. The summed E-state index contributed by atoms with van der Waals surface area (Å²) in [4.78, 5) is 6.64. The van der Waals surface area contributed by atoms with Gasteiger partial charge in [0, 0.05) is 18.4 Å². The van der Waals surface area contributed by atoms with Gasteiger partial charge in [-0.1, -0.05) is 0 Å². The van der Waals surface area contributed by atoms with Crippen LogP contribution in [0.5, 0.6) is 0 Å². The summed E-state index contributed by atoms with van der Waals surface area (Å²) in [7, 11) is 0. The number of aromatic amines is 1. The minimum absolute atomic E-state index is 0.331. The van der Waals surface area contributed by atoms with E-state index < -0.39 is 5.67 Å². The molecule has 0 aliphatic heterocycles. The monoisotopic (exact) mass is 157 g/mol. The van der Waals surface area contributed by atoms with Crippen LogP contribution in [-0.2, 0) is 12.2 Å². The zero-order valence-corrected chi connectivity index (χ0v) is 6.69. The molecule has 0 amide bonds. The van der Waals surface area contributed by atoms with Crippen molar-refractivity contribution in [2.45, 2.75) is 26.1 Å². The van der Waals surface area contributed by atoms with Gasteiger partial charge < -0.3 is 10.7 Å². The molecule has 1 aromatic rings. The Bertz CT molecular complexity index is 236. The van der Waals surface area contributed by atoms with Gasteiger partial charge in [-0.15, -0.1) is 0 Å². The van der Waals surface area contributed by atoms with E-state index in [9.17, 15) is 4.39 Å². The average Bonchev–Trinajstić information content (AvgIpc) is 2.32. The molecule has 4 heteroatoms. The van der Waals surface area contributed by atoms with Crippen molar-refractivity contribution in [3.63, 3.8) is 0 Å². The Balaban J connectivity index is 2.89. The quantitative estimate of drug-likeness (QED) is 0.674. The Hall–Kier alpha value is -0.900. The third-order valence-electron chi connectivity index (χ3n) is 1.41. The first kappa shape index (κ1) is 8.20. The normalized spacial score (nSPS) is 12.0. The molecule has 0 spiro atoms. The molecule has 0 bridgehead atoms. The zero-order valence-electron chi connectivity index (χ0n) is 6.69. The lowest BCUT2D eigenvalue weighted by Crippen LogP contribution is -2.11. The fourth-order valence-electron chi connectivity index (χ4n) is 0.765. The topological polar surface area (TPSA) is 54.7 Å². The van der Waals surface area contributed by atoms with Gasteiger partial charge in [-0.25, -0.2) is 9.37 Å². The van der Waals surface area contributed by atoms with E-state index in [0.29, 0.717) is 12.4 Å². The number of H-pyrrole nitrogens is 1. The van der Waals surface area contributed by atoms with Crippen LogP contribution in [0.3, 0.4) is 0 Å². The number of nitrogens with zero attached hydrogens (tertiary/aromatic N) is 1. The number of imidazole rings is 1. The van der Waals surface area contributed by atoms with E-state index in [4.69, 9.17) is 5.73 Å². The first-order chi connectivity index (χ1) is 5.04. The van der Waals surface area contributed by atoms with Crippen molar-refractivity contribution in [2.24, 2.45) is 5.73 Å². The number of hydrogen-bond donors (Lipinski definition) is 2. The largest absolute Gasteiger partial charge is 0.342 e. The maximum Gasteiger partial charge on any atom is 0.162 e. The van der Waals surface area contributed by atoms with Gasteiger partial charge in [-0.3, -0.25) is 0 Å². The highest BCUT2D eigenvalue weighted by atomic mass is 19.1. The fourth-order valence-corrected chi connectivity index (χ4v) is 0.765. The lowest BCUT2D eigenvalue weighted by Gasteiger charge is -2.09. The van der Waals surface area contributed by atoms with Crippen LogP contribution in [0.4, 0.5) is 4.39 Å². The molecule has 0 aliphatic carbocycles. The SMILES string of the molecule is CC(C)(F)c1ncc(CN)[nH]1. The summed E-state index contributed by atoms with van der Waals surface area (Å²) in [5.74, 6) is 0.331. The van der Waals surface area contributed by atoms with Crippen LogP contribution in [0.2, 0.25) is 0 Å². The molecule has 0 aliphatic rings. The molecule has 3 N–H and O–H groups in total. The second kappa shape index (κ2) is 2.62. The second-order valence-electron chi connectivity index (χ2n) is 2.93. The standard InChI is InChI=1S/C7H12FN3/c1-7(2,8)6-10-4-5(3-9)11-6/h4H,3,9H2,1-2H3,(H,10,11). The summed E-state index contributed by atoms with van der Waals surface area (Å²) in [5, 5.41) is 0. The number of hydrogen-bond acceptors (Lipinski definition) is 2. The number of aromatic nitrogens is 2. The van der Waals surface area contributed by atoms with Crippen molar-refractivity contribution < 1.29 is 4.39 Å². The highest BCUT2D eigenvalue weighted by Crippen LogP contribution is 2.20. The molecule has 1 rings (SSSR count). The van der Waals surface area contributed by atoms with Gasteiger partial charge in [0.05, 0.1) is 0 Å². The lowest BCUT2D eigenvalue weighted by molar-refractivity contribution is 0.208. The Labute approximate surface area is 64.8 Å². The van der Waals surface area contributed by atoms with Crippen LogP contribution < -0.4 is 5.73 Å². The smallest absolute Gasteiger partial charge is 0.162 e. The maximum atomic E-state index is 13.1. The van der Waals surface area contributed by atoms with Crippen molar-refractivity contribution in [2.75, 3.05) is 0 Å². The summed E-state index contributed by atoms with van der Waals surface area (Å²) < 4.78 is 13.1. The molecular formula is C7H12FN3. The first-order valence-corrected chi connectivity index (χ1v) is 3.47. The Morgan fingerprint density at radius 3 is 2.64 bits per heavy atom. The molecule has 0 saturated heterocycles. The first-order valence-electron chi connectivity index (χ1n) is 3.47. The molecule has 0 aromatic carbocycles. The van der Waals surface area contributed by atoms with Crippen molar-refractivity contribution >= 4 is 0 Å². The second-order valence-corrected chi connectivity index (χ2v) is 2.93. The minimum Gasteiger partial charge on any atom is -0.342 e. The summed E-state index contributed by atoms with van der Waals surface area (Å²) in [5.41, 5.74) is 4.66. The maximum absolute atomic E-state index is 13.1. The van der Waals surface area contributed by atoms with Crippen LogP contribution >= 0.6 is 0 Å². The highest BCUT2D eigenvalue weighted by Gasteiger charge is 2.21. The minimum atomic E-state index is -1.41. The van der Waals surface area contributed by atoms with Crippen LogP contribution in [0.1, 0.15) is 25.4 Å². The van der Waals surface area contributed by atoms with Crippen molar-refractivity contribution in [1.82, 2.24) is 9.97 Å². The highest BCUT2D eigenvalue weighted by molar-refractivity contribution is 5.05. The van der Waals surface area contributed by atoms with Crippen molar-refractivity contribution in [3.8, 4) is 0 Å². The lowest BCUT2D eigenvalue weighted by atomic mass is 10.2. The summed E-state index contributed by atoms with van der Waals surface area (Å²) in [6, 6.07) is 0. The van der Waals surface area contributed by atoms with E-state index >= 15 is 0 Å². The third kappa shape index (κ3) is 1.77. The third-order valence-corrected chi connectivity index (χ3v) is 1.41. The summed E-state index contributed by atoms with van der Waals surface area (Å²) >= 11 is 0. The van der Waals surface area contributed by atoms with Crippen LogP contribution in [-0.4, -0.2) is 9.97 Å². The van der Waals surface area contributed by atoms with Crippen molar-refractivity contribution in [3.05, 3.63) is 17.7 Å². The fraction of sp³-hybridized carbons (Fsp3) is 0.571. The molecule has 1 heterocycles. The van der Waals surface area contributed by atoms with Crippen LogP contribution in [0, 0.1) is 0 Å². The molecule has 62 valence electrons. The van der Waals surface area contributed by atoms with Crippen LogP contribution in [0.25, 0.3) is 0 Å². The predicted octanol–water partition coefficient (Wildman–Crippen LogP) is 1.07. The Morgan fingerprint density at radius 2 is 2.36 bits per heavy atom. The molecule has 11 heavy (non-hydrogen) atoms. The molecule has 1 aromatic heterocycles. The van der Waals surface area contributed by atoms with E-state index in [0.717, 1.165) is 5.69 Å².